The minimum absolute atomic E-state index is 0.151. The number of nitrogens with zero attached hydrogens (tertiary/aromatic N) is 3. The number of aryl methyl sites for hydroxylation is 1. The summed E-state index contributed by atoms with van der Waals surface area (Å²) in [5.74, 6) is 0.00247. The van der Waals surface area contributed by atoms with Crippen LogP contribution >= 0.6 is 0 Å². The Labute approximate surface area is 128 Å². The van der Waals surface area contributed by atoms with E-state index in [1.54, 1.807) is 19.1 Å². The SMILES string of the molecule is Cc1cc(=O)oc2cc(Oc3ncc([N+](=O)[O-])c(N)n3)ccc12. The number of fused-ring (bicyclic) bond motifs is 1. The molecule has 9 heteroatoms. The molecule has 0 saturated carbocycles. The molecule has 0 bridgehead atoms. The Morgan fingerprint density at radius 2 is 2.13 bits per heavy atom. The van der Waals surface area contributed by atoms with Crippen LogP contribution in [0, 0.1) is 17.0 Å². The van der Waals surface area contributed by atoms with Crippen LogP contribution in [0.3, 0.4) is 0 Å². The van der Waals surface area contributed by atoms with Crippen LogP contribution in [-0.4, -0.2) is 14.9 Å². The van der Waals surface area contributed by atoms with Gasteiger partial charge in [-0.2, -0.15) is 9.97 Å². The zero-order valence-electron chi connectivity index (χ0n) is 11.8. The molecule has 9 nitrogen and oxygen atoms in total. The molecule has 3 aromatic rings. The lowest BCUT2D eigenvalue weighted by Crippen LogP contribution is -2.02. The molecule has 0 aliphatic carbocycles. The van der Waals surface area contributed by atoms with Crippen molar-refractivity contribution in [3.05, 3.63) is 56.6 Å². The molecule has 1 aromatic carbocycles. The second-order valence-corrected chi connectivity index (χ2v) is 4.69. The molecule has 0 radical (unpaired) electrons. The lowest BCUT2D eigenvalue weighted by Gasteiger charge is -2.06. The summed E-state index contributed by atoms with van der Waals surface area (Å²) in [7, 11) is 0. The Morgan fingerprint density at radius 1 is 1.35 bits per heavy atom. The molecule has 2 N–H and O–H groups in total. The average molecular weight is 314 g/mol. The Hall–Kier alpha value is -3.49. The van der Waals surface area contributed by atoms with Gasteiger partial charge in [-0.25, -0.2) is 4.79 Å². The van der Waals surface area contributed by atoms with E-state index in [1.807, 2.05) is 0 Å². The summed E-state index contributed by atoms with van der Waals surface area (Å²) >= 11 is 0. The Bertz CT molecular complexity index is 983. The van der Waals surface area contributed by atoms with E-state index in [-0.39, 0.29) is 11.8 Å². The molecule has 0 aliphatic heterocycles. The van der Waals surface area contributed by atoms with Gasteiger partial charge < -0.3 is 14.9 Å². The maximum absolute atomic E-state index is 11.4. The zero-order valence-corrected chi connectivity index (χ0v) is 11.8. The van der Waals surface area contributed by atoms with Crippen LogP contribution in [0.15, 0.2) is 39.7 Å². The summed E-state index contributed by atoms with van der Waals surface area (Å²) in [6.07, 6.45) is 0.961. The number of nitro groups is 1. The van der Waals surface area contributed by atoms with Crippen molar-refractivity contribution in [2.24, 2.45) is 0 Å². The van der Waals surface area contributed by atoms with E-state index in [9.17, 15) is 14.9 Å². The highest BCUT2D eigenvalue weighted by molar-refractivity contribution is 5.81. The fourth-order valence-electron chi connectivity index (χ4n) is 2.04. The van der Waals surface area contributed by atoms with Gasteiger partial charge >= 0.3 is 17.3 Å². The quantitative estimate of drug-likeness (QED) is 0.441. The Balaban J connectivity index is 1.97. The molecule has 0 aliphatic rings. The van der Waals surface area contributed by atoms with E-state index < -0.39 is 16.2 Å². The largest absolute Gasteiger partial charge is 0.424 e. The van der Waals surface area contributed by atoms with Crippen LogP contribution in [0.25, 0.3) is 11.0 Å². The van der Waals surface area contributed by atoms with Crippen molar-refractivity contribution in [3.8, 4) is 11.8 Å². The van der Waals surface area contributed by atoms with Crippen LogP contribution in [-0.2, 0) is 0 Å². The van der Waals surface area contributed by atoms with Gasteiger partial charge in [0.05, 0.1) is 4.92 Å². The molecule has 2 heterocycles. The Morgan fingerprint density at radius 3 is 2.83 bits per heavy atom. The summed E-state index contributed by atoms with van der Waals surface area (Å²) in [4.78, 5) is 28.8. The average Bonchev–Trinajstić information content (AvgIpc) is 2.46. The van der Waals surface area contributed by atoms with Crippen molar-refractivity contribution in [2.75, 3.05) is 5.73 Å². The van der Waals surface area contributed by atoms with Crippen molar-refractivity contribution >= 4 is 22.5 Å². The lowest BCUT2D eigenvalue weighted by molar-refractivity contribution is -0.384. The number of hydrogen-bond acceptors (Lipinski definition) is 8. The molecule has 0 saturated heterocycles. The highest BCUT2D eigenvalue weighted by atomic mass is 16.6. The summed E-state index contributed by atoms with van der Waals surface area (Å²) < 4.78 is 10.5. The van der Waals surface area contributed by atoms with Crippen molar-refractivity contribution in [1.29, 1.82) is 0 Å². The normalized spacial score (nSPS) is 10.7. The van der Waals surface area contributed by atoms with Gasteiger partial charge in [0.1, 0.15) is 17.5 Å². The maximum Gasteiger partial charge on any atom is 0.336 e. The maximum atomic E-state index is 11.4. The molecule has 0 spiro atoms. The van der Waals surface area contributed by atoms with Crippen molar-refractivity contribution in [1.82, 2.24) is 9.97 Å². The number of anilines is 1. The molecule has 0 atom stereocenters. The molecule has 0 fully saturated rings. The molecule has 0 amide bonds. The molecule has 23 heavy (non-hydrogen) atoms. The third kappa shape index (κ3) is 2.79. The van der Waals surface area contributed by atoms with Crippen molar-refractivity contribution in [3.63, 3.8) is 0 Å². The van der Waals surface area contributed by atoms with Gasteiger partial charge in [0, 0.05) is 17.5 Å². The van der Waals surface area contributed by atoms with E-state index in [1.165, 1.54) is 12.1 Å². The van der Waals surface area contributed by atoms with Gasteiger partial charge in [-0.15, -0.1) is 0 Å². The van der Waals surface area contributed by atoms with E-state index in [0.29, 0.717) is 11.3 Å². The van der Waals surface area contributed by atoms with Crippen LogP contribution in [0.2, 0.25) is 0 Å². The smallest absolute Gasteiger partial charge is 0.336 e. The van der Waals surface area contributed by atoms with Crippen LogP contribution in [0.1, 0.15) is 5.56 Å². The zero-order chi connectivity index (χ0) is 16.6. The predicted molar refractivity (Wildman–Crippen MR) is 80.4 cm³/mol. The third-order valence-electron chi connectivity index (χ3n) is 3.10. The first kappa shape index (κ1) is 14.4. The number of hydrogen-bond donors (Lipinski definition) is 1. The molecule has 3 rings (SSSR count). The minimum Gasteiger partial charge on any atom is -0.424 e. The number of aromatic nitrogens is 2. The van der Waals surface area contributed by atoms with E-state index in [2.05, 4.69) is 9.97 Å². The number of nitrogens with two attached hydrogens (primary N) is 1. The first-order chi connectivity index (χ1) is 10.9. The van der Waals surface area contributed by atoms with Gasteiger partial charge in [0.2, 0.25) is 5.82 Å². The highest BCUT2D eigenvalue weighted by Gasteiger charge is 2.15. The molecular weight excluding hydrogens is 304 g/mol. The Kier molecular flexibility index (Phi) is 3.37. The van der Waals surface area contributed by atoms with Crippen LogP contribution in [0.5, 0.6) is 11.8 Å². The first-order valence-electron chi connectivity index (χ1n) is 6.43. The number of benzene rings is 1. The topological polar surface area (TPSA) is 134 Å². The summed E-state index contributed by atoms with van der Waals surface area (Å²) in [5, 5.41) is 11.4. The standard InChI is InChI=1S/C14H10N4O5/c1-7-4-12(19)23-11-5-8(2-3-9(7)11)22-14-16-6-10(18(20)21)13(15)17-14/h2-6H,1H3,(H2,15,16,17). The van der Waals surface area contributed by atoms with Gasteiger partial charge in [0.25, 0.3) is 0 Å². The fraction of sp³-hybridized carbons (Fsp3) is 0.0714. The van der Waals surface area contributed by atoms with Crippen molar-refractivity contribution in [2.45, 2.75) is 6.92 Å². The summed E-state index contributed by atoms with van der Waals surface area (Å²) in [6.45, 7) is 1.79. The molecule has 116 valence electrons. The van der Waals surface area contributed by atoms with Gasteiger partial charge in [0.15, 0.2) is 0 Å². The molecular formula is C14H10N4O5. The van der Waals surface area contributed by atoms with E-state index >= 15 is 0 Å². The number of rotatable bonds is 3. The summed E-state index contributed by atoms with van der Waals surface area (Å²) in [6, 6.07) is 6.10. The van der Waals surface area contributed by atoms with Gasteiger partial charge in [-0.05, 0) is 24.6 Å². The molecule has 2 aromatic heterocycles. The second-order valence-electron chi connectivity index (χ2n) is 4.69. The van der Waals surface area contributed by atoms with E-state index in [0.717, 1.165) is 17.1 Å². The number of ether oxygens (including phenoxy) is 1. The minimum atomic E-state index is -0.688. The molecule has 0 unspecified atom stereocenters. The number of nitrogen functional groups attached to an aromatic ring is 1. The summed E-state index contributed by atoms with van der Waals surface area (Å²) in [5.41, 5.74) is 5.72. The second kappa shape index (κ2) is 5.37. The van der Waals surface area contributed by atoms with Crippen LogP contribution < -0.4 is 16.1 Å². The highest BCUT2D eigenvalue weighted by Crippen LogP contribution is 2.26. The monoisotopic (exact) mass is 314 g/mol. The predicted octanol–water partition coefficient (Wildman–Crippen LogP) is 2.17. The lowest BCUT2D eigenvalue weighted by atomic mass is 10.1. The van der Waals surface area contributed by atoms with Gasteiger partial charge in [-0.1, -0.05) is 0 Å². The third-order valence-corrected chi connectivity index (χ3v) is 3.10. The first-order valence-corrected chi connectivity index (χ1v) is 6.43. The fourth-order valence-corrected chi connectivity index (χ4v) is 2.04. The van der Waals surface area contributed by atoms with Crippen molar-refractivity contribution < 1.29 is 14.1 Å². The van der Waals surface area contributed by atoms with Crippen LogP contribution in [0.4, 0.5) is 11.5 Å². The van der Waals surface area contributed by atoms with E-state index in [4.69, 9.17) is 14.9 Å². The van der Waals surface area contributed by atoms with Gasteiger partial charge in [-0.3, -0.25) is 10.1 Å².